The number of carbonyl (C=O) groups is 1. The Labute approximate surface area is 190 Å². The van der Waals surface area contributed by atoms with E-state index < -0.39 is 0 Å². The number of benzene rings is 1. The van der Waals surface area contributed by atoms with E-state index in [0.717, 1.165) is 41.7 Å². The van der Waals surface area contributed by atoms with E-state index in [4.69, 9.17) is 9.47 Å². The van der Waals surface area contributed by atoms with Gasteiger partial charge < -0.3 is 19.4 Å². The van der Waals surface area contributed by atoms with Crippen molar-refractivity contribution in [3.8, 4) is 5.88 Å². The van der Waals surface area contributed by atoms with Crippen molar-refractivity contribution < 1.29 is 14.3 Å². The summed E-state index contributed by atoms with van der Waals surface area (Å²) in [5, 5.41) is 2.10. The Kier molecular flexibility index (Phi) is 5.57. The molecule has 1 amide bonds. The van der Waals surface area contributed by atoms with E-state index in [1.54, 1.807) is 14.2 Å². The molecule has 0 saturated carbocycles. The summed E-state index contributed by atoms with van der Waals surface area (Å²) >= 11 is 1.41. The van der Waals surface area contributed by atoms with Crippen molar-refractivity contribution in [2.75, 3.05) is 27.3 Å². The van der Waals surface area contributed by atoms with Gasteiger partial charge in [-0.05, 0) is 42.9 Å². The maximum Gasteiger partial charge on any atom is 0.264 e. The number of amides is 1. The van der Waals surface area contributed by atoms with Crippen LogP contribution in [0.3, 0.4) is 0 Å². The zero-order valence-electron chi connectivity index (χ0n) is 18.5. The van der Waals surface area contributed by atoms with Crippen LogP contribution in [0, 0.1) is 6.92 Å². The molecule has 1 aliphatic rings. The lowest BCUT2D eigenvalue weighted by molar-refractivity contribution is 0.0717. The molecule has 0 unspecified atom stereocenters. The standard InChI is InChI=1S/C24H26N4O3S/c1-14-20-22(31-3)26-19(13-30-2)27-23(20)32-21(14)24(29)28-10-8-15(9-11-28)17-12-25-18-7-5-4-6-16(17)18/h4-7,12,15,25H,8-11,13H2,1-3H3. The van der Waals surface area contributed by atoms with Crippen LogP contribution in [0.5, 0.6) is 5.88 Å². The number of methoxy groups -OCH3 is 2. The van der Waals surface area contributed by atoms with Crippen LogP contribution < -0.4 is 4.74 Å². The van der Waals surface area contributed by atoms with Gasteiger partial charge in [0.1, 0.15) is 11.4 Å². The number of hydrogen-bond donors (Lipinski definition) is 1. The predicted molar refractivity (Wildman–Crippen MR) is 126 cm³/mol. The lowest BCUT2D eigenvalue weighted by atomic mass is 9.89. The summed E-state index contributed by atoms with van der Waals surface area (Å²) in [6.07, 6.45) is 4.04. The highest BCUT2D eigenvalue weighted by atomic mass is 32.1. The average Bonchev–Trinajstić information content (AvgIpc) is 3.40. The van der Waals surface area contributed by atoms with E-state index >= 15 is 0 Å². The van der Waals surface area contributed by atoms with Gasteiger partial charge in [-0.15, -0.1) is 11.3 Å². The fourth-order valence-electron chi connectivity index (χ4n) is 4.66. The Hall–Kier alpha value is -2.97. The Morgan fingerprint density at radius 2 is 2.00 bits per heavy atom. The number of piperidine rings is 1. The number of H-pyrrole nitrogens is 1. The first kappa shape index (κ1) is 20.9. The number of likely N-dealkylation sites (tertiary alicyclic amines) is 1. The minimum atomic E-state index is 0.0678. The smallest absolute Gasteiger partial charge is 0.264 e. The zero-order valence-corrected chi connectivity index (χ0v) is 19.3. The van der Waals surface area contributed by atoms with Gasteiger partial charge in [0.2, 0.25) is 5.88 Å². The van der Waals surface area contributed by atoms with E-state index in [1.165, 1.54) is 27.8 Å². The van der Waals surface area contributed by atoms with Crippen molar-refractivity contribution in [3.63, 3.8) is 0 Å². The SMILES string of the molecule is COCc1nc(OC)c2c(C)c(C(=O)N3CCC(c4c[nH]c5ccccc45)CC3)sc2n1. The largest absolute Gasteiger partial charge is 0.480 e. The van der Waals surface area contributed by atoms with Gasteiger partial charge >= 0.3 is 0 Å². The minimum Gasteiger partial charge on any atom is -0.480 e. The van der Waals surface area contributed by atoms with Crippen molar-refractivity contribution in [2.45, 2.75) is 32.3 Å². The fraction of sp³-hybridized carbons (Fsp3) is 0.375. The van der Waals surface area contributed by atoms with Crippen molar-refractivity contribution in [3.05, 3.63) is 52.3 Å². The second-order valence-electron chi connectivity index (χ2n) is 8.17. The molecule has 0 spiro atoms. The number of nitrogens with one attached hydrogen (secondary N) is 1. The van der Waals surface area contributed by atoms with E-state index in [0.29, 0.717) is 29.1 Å². The summed E-state index contributed by atoms with van der Waals surface area (Å²) in [6, 6.07) is 8.41. The molecule has 1 saturated heterocycles. The highest BCUT2D eigenvalue weighted by Gasteiger charge is 2.29. The lowest BCUT2D eigenvalue weighted by Crippen LogP contribution is -2.37. The Bertz CT molecular complexity index is 1290. The molecule has 1 fully saturated rings. The topological polar surface area (TPSA) is 80.3 Å². The highest BCUT2D eigenvalue weighted by molar-refractivity contribution is 7.20. The van der Waals surface area contributed by atoms with Gasteiger partial charge in [0.15, 0.2) is 5.82 Å². The van der Waals surface area contributed by atoms with Crippen LogP contribution in [0.15, 0.2) is 30.5 Å². The quantitative estimate of drug-likeness (QED) is 0.478. The minimum absolute atomic E-state index is 0.0678. The molecule has 0 bridgehead atoms. The number of hydrogen-bond acceptors (Lipinski definition) is 6. The number of aryl methyl sites for hydroxylation is 1. The maximum absolute atomic E-state index is 13.4. The van der Waals surface area contributed by atoms with Crippen LogP contribution in [0.4, 0.5) is 0 Å². The molecule has 4 aromatic rings. The van der Waals surface area contributed by atoms with Gasteiger partial charge in [-0.2, -0.15) is 4.98 Å². The molecule has 8 heteroatoms. The normalized spacial score (nSPS) is 15.0. The molecule has 0 radical (unpaired) electrons. The van der Waals surface area contributed by atoms with E-state index in [-0.39, 0.29) is 5.91 Å². The first-order chi connectivity index (χ1) is 15.6. The average molecular weight is 451 g/mol. The van der Waals surface area contributed by atoms with Crippen molar-refractivity contribution in [1.29, 1.82) is 0 Å². The first-order valence-corrected chi connectivity index (χ1v) is 11.6. The van der Waals surface area contributed by atoms with E-state index in [2.05, 4.69) is 45.4 Å². The van der Waals surface area contributed by atoms with Crippen LogP contribution in [0.25, 0.3) is 21.1 Å². The molecule has 7 nitrogen and oxygen atoms in total. The van der Waals surface area contributed by atoms with Gasteiger partial charge in [0.25, 0.3) is 5.91 Å². The Balaban J connectivity index is 1.37. The van der Waals surface area contributed by atoms with Crippen molar-refractivity contribution >= 4 is 38.4 Å². The third-order valence-corrected chi connectivity index (χ3v) is 7.48. The second-order valence-corrected chi connectivity index (χ2v) is 9.17. The van der Waals surface area contributed by atoms with Crippen LogP contribution in [-0.2, 0) is 11.3 Å². The number of fused-ring (bicyclic) bond motifs is 2. The van der Waals surface area contributed by atoms with Crippen LogP contribution in [0.1, 0.15) is 45.4 Å². The summed E-state index contributed by atoms with van der Waals surface area (Å²) < 4.78 is 10.7. The highest BCUT2D eigenvalue weighted by Crippen LogP contribution is 2.37. The van der Waals surface area contributed by atoms with Gasteiger partial charge in [0.05, 0.1) is 17.4 Å². The molecular formula is C24H26N4O3S. The molecule has 1 aliphatic heterocycles. The number of thiophene rings is 1. The predicted octanol–water partition coefficient (Wildman–Crippen LogP) is 4.66. The number of para-hydroxylation sites is 1. The molecule has 32 heavy (non-hydrogen) atoms. The van der Waals surface area contributed by atoms with Crippen molar-refractivity contribution in [2.24, 2.45) is 0 Å². The van der Waals surface area contributed by atoms with Crippen molar-refractivity contribution in [1.82, 2.24) is 19.9 Å². The Morgan fingerprint density at radius 3 is 2.75 bits per heavy atom. The monoisotopic (exact) mass is 450 g/mol. The van der Waals surface area contributed by atoms with Gasteiger partial charge in [0, 0.05) is 37.3 Å². The van der Waals surface area contributed by atoms with Crippen LogP contribution >= 0.6 is 11.3 Å². The molecule has 5 rings (SSSR count). The zero-order chi connectivity index (χ0) is 22.2. The molecule has 3 aromatic heterocycles. The second kappa shape index (κ2) is 8.52. The Morgan fingerprint density at radius 1 is 1.22 bits per heavy atom. The summed E-state index contributed by atoms with van der Waals surface area (Å²) in [6.45, 7) is 3.74. The summed E-state index contributed by atoms with van der Waals surface area (Å²) in [7, 11) is 3.20. The lowest BCUT2D eigenvalue weighted by Gasteiger charge is -2.32. The summed E-state index contributed by atoms with van der Waals surface area (Å²) in [4.78, 5) is 29.3. The molecule has 4 heterocycles. The van der Waals surface area contributed by atoms with Crippen LogP contribution in [0.2, 0.25) is 0 Å². The molecule has 166 valence electrons. The summed E-state index contributed by atoms with van der Waals surface area (Å²) in [5.41, 5.74) is 3.41. The molecule has 1 aromatic carbocycles. The van der Waals surface area contributed by atoms with Gasteiger partial charge in [-0.3, -0.25) is 4.79 Å². The summed E-state index contributed by atoms with van der Waals surface area (Å²) in [5.74, 6) is 1.57. The first-order valence-electron chi connectivity index (χ1n) is 10.8. The number of aromatic amines is 1. The van der Waals surface area contributed by atoms with Gasteiger partial charge in [-0.1, -0.05) is 18.2 Å². The third-order valence-electron chi connectivity index (χ3n) is 6.31. The molecule has 1 N–H and O–H groups in total. The van der Waals surface area contributed by atoms with Crippen LogP contribution in [-0.4, -0.2) is 53.1 Å². The molecular weight excluding hydrogens is 424 g/mol. The molecule has 0 aliphatic carbocycles. The number of ether oxygens (including phenoxy) is 2. The fourth-order valence-corrected chi connectivity index (χ4v) is 5.82. The maximum atomic E-state index is 13.4. The van der Waals surface area contributed by atoms with Gasteiger partial charge in [-0.25, -0.2) is 4.98 Å². The number of rotatable bonds is 5. The molecule has 0 atom stereocenters. The van der Waals surface area contributed by atoms with E-state index in [1.807, 2.05) is 11.8 Å². The number of nitrogens with zero attached hydrogens (tertiary/aromatic N) is 3. The van der Waals surface area contributed by atoms with E-state index in [9.17, 15) is 4.79 Å². The number of aromatic nitrogens is 3. The third kappa shape index (κ3) is 3.53. The number of carbonyl (C=O) groups excluding carboxylic acids is 1.